The van der Waals surface area contributed by atoms with Crippen LogP contribution in [0.2, 0.25) is 0 Å². The second-order valence-corrected chi connectivity index (χ2v) is 16.2. The van der Waals surface area contributed by atoms with Gasteiger partial charge in [-0.25, -0.2) is 4.79 Å². The van der Waals surface area contributed by atoms with Gasteiger partial charge in [-0.3, -0.25) is 24.2 Å². The third-order valence-electron chi connectivity index (χ3n) is 10.9. The number of esters is 1. The minimum absolute atomic E-state index is 0.328. The Bertz CT molecular complexity index is 2260. The first kappa shape index (κ1) is 52.3. The van der Waals surface area contributed by atoms with Gasteiger partial charge >= 0.3 is 5.97 Å². The smallest absolute Gasteiger partial charge is 0.331 e. The Kier molecular flexibility index (Phi) is 21.4. The van der Waals surface area contributed by atoms with Crippen LogP contribution in [0.15, 0.2) is 109 Å². The molecule has 0 spiro atoms. The number of allylic oxidation sites excluding steroid dienone is 2. The summed E-state index contributed by atoms with van der Waals surface area (Å²) >= 11 is 0. The van der Waals surface area contributed by atoms with Gasteiger partial charge in [0.05, 0.1) is 45.7 Å². The SMILES string of the molecule is COC(=O)[C@@H](NC(=O)c1ccc(C#C/C=C\c2ccc(CN3CCOCC3)cc2)cc1)[C@@H](C)O.C[C@@H](O)[C@H](NC(=O)c1ccc(C#C/C=C\c2ccc(CN3CCOCC3)cc2)cc1)C(=O)CO. The topological polar surface area (TPSA) is 187 Å². The van der Waals surface area contributed by atoms with E-state index in [2.05, 4.69) is 97.4 Å². The number of carbonyl (C=O) groups excluding carboxylic acids is 4. The lowest BCUT2D eigenvalue weighted by Crippen LogP contribution is -2.48. The fourth-order valence-corrected chi connectivity index (χ4v) is 6.96. The van der Waals surface area contributed by atoms with E-state index in [1.54, 1.807) is 60.7 Å². The van der Waals surface area contributed by atoms with Crippen molar-refractivity contribution in [2.45, 2.75) is 51.2 Å². The number of nitrogens with one attached hydrogen (secondary N) is 2. The first-order chi connectivity index (χ1) is 32.9. The van der Waals surface area contributed by atoms with Gasteiger partial charge in [-0.15, -0.1) is 0 Å². The first-order valence-electron chi connectivity index (χ1n) is 22.5. The number of ketones is 1. The van der Waals surface area contributed by atoms with Crippen LogP contribution >= 0.6 is 0 Å². The molecule has 2 aliphatic rings. The number of aliphatic hydroxyl groups excluding tert-OH is 3. The van der Waals surface area contributed by atoms with E-state index in [1.165, 1.54) is 32.1 Å². The predicted molar refractivity (Wildman–Crippen MR) is 260 cm³/mol. The van der Waals surface area contributed by atoms with E-state index < -0.39 is 54.5 Å². The lowest BCUT2D eigenvalue weighted by molar-refractivity contribution is -0.145. The van der Waals surface area contributed by atoms with Crippen molar-refractivity contribution in [3.63, 3.8) is 0 Å². The highest BCUT2D eigenvalue weighted by Crippen LogP contribution is 2.13. The Hall–Kier alpha value is -6.72. The number of rotatable bonds is 15. The summed E-state index contributed by atoms with van der Waals surface area (Å²) in [5, 5.41) is 33.3. The summed E-state index contributed by atoms with van der Waals surface area (Å²) < 4.78 is 15.4. The van der Waals surface area contributed by atoms with Gasteiger partial charge in [-0.05, 0) is 109 Å². The maximum Gasteiger partial charge on any atom is 0.331 e. The molecule has 6 rings (SSSR count). The predicted octanol–water partition coefficient (Wildman–Crippen LogP) is 3.86. The molecule has 4 atom stereocenters. The molecule has 5 N–H and O–H groups in total. The Balaban J connectivity index is 0.000000254. The van der Waals surface area contributed by atoms with Crippen LogP contribution in [-0.4, -0.2) is 139 Å². The van der Waals surface area contributed by atoms with Crippen molar-refractivity contribution in [1.82, 2.24) is 20.4 Å². The molecule has 4 aromatic rings. The number of amides is 2. The average Bonchev–Trinajstić information content (AvgIpc) is 3.36. The molecule has 0 saturated carbocycles. The highest BCUT2D eigenvalue weighted by Gasteiger charge is 2.27. The van der Waals surface area contributed by atoms with Gasteiger partial charge in [0, 0.05) is 61.5 Å². The summed E-state index contributed by atoms with van der Waals surface area (Å²) in [4.78, 5) is 52.8. The lowest BCUT2D eigenvalue weighted by atomic mass is 10.1. The van der Waals surface area contributed by atoms with Gasteiger partial charge in [0.1, 0.15) is 12.6 Å². The number of hydrogen-bond acceptors (Lipinski definition) is 12. The highest BCUT2D eigenvalue weighted by atomic mass is 16.5. The van der Waals surface area contributed by atoms with Crippen molar-refractivity contribution in [3.8, 4) is 23.7 Å². The molecule has 0 aliphatic carbocycles. The molecular formula is C54H60N4O10. The van der Waals surface area contributed by atoms with Crippen LogP contribution in [0.25, 0.3) is 12.2 Å². The minimum Gasteiger partial charge on any atom is -0.467 e. The number of carbonyl (C=O) groups is 4. The molecule has 0 bridgehead atoms. The summed E-state index contributed by atoms with van der Waals surface area (Å²) in [5.74, 6) is 9.70. The Labute approximate surface area is 398 Å². The number of nitrogens with zero attached hydrogens (tertiary/aromatic N) is 2. The van der Waals surface area contributed by atoms with Crippen molar-refractivity contribution < 1.29 is 48.7 Å². The fourth-order valence-electron chi connectivity index (χ4n) is 6.96. The highest BCUT2D eigenvalue weighted by molar-refractivity contribution is 5.98. The maximum atomic E-state index is 12.4. The van der Waals surface area contributed by atoms with Gasteiger partial charge in [0.15, 0.2) is 11.8 Å². The van der Waals surface area contributed by atoms with Gasteiger partial charge in [0.25, 0.3) is 11.8 Å². The molecule has 2 saturated heterocycles. The van der Waals surface area contributed by atoms with Crippen molar-refractivity contribution in [1.29, 1.82) is 0 Å². The summed E-state index contributed by atoms with van der Waals surface area (Å²) in [6.45, 7) is 11.0. The zero-order valence-corrected chi connectivity index (χ0v) is 38.7. The van der Waals surface area contributed by atoms with E-state index >= 15 is 0 Å². The number of Topliss-reactive ketones (excluding diaryl/α,β-unsaturated/α-hetero) is 1. The second kappa shape index (κ2) is 27.8. The largest absolute Gasteiger partial charge is 0.467 e. The van der Waals surface area contributed by atoms with Crippen LogP contribution in [0, 0.1) is 23.7 Å². The molecule has 0 unspecified atom stereocenters. The van der Waals surface area contributed by atoms with Crippen LogP contribution in [0.3, 0.4) is 0 Å². The Morgan fingerprint density at radius 2 is 1.00 bits per heavy atom. The van der Waals surface area contributed by atoms with Gasteiger partial charge in [-0.2, -0.15) is 0 Å². The number of benzene rings is 4. The second-order valence-electron chi connectivity index (χ2n) is 16.2. The Morgan fingerprint density at radius 3 is 1.35 bits per heavy atom. The molecule has 2 fully saturated rings. The molecule has 356 valence electrons. The van der Waals surface area contributed by atoms with E-state index in [0.29, 0.717) is 11.1 Å². The third-order valence-corrected chi connectivity index (χ3v) is 10.9. The molecule has 14 nitrogen and oxygen atoms in total. The first-order valence-corrected chi connectivity index (χ1v) is 22.5. The number of hydrogen-bond donors (Lipinski definition) is 5. The standard InChI is InChI=1S/2C27H30N2O5/c1-20(30)25(27(32)33-2)28-26(31)24-13-11-22(12-14-24)6-4-3-5-21-7-9-23(10-8-21)19-29-15-17-34-18-16-29;1-20(31)26(25(32)19-30)28-27(33)24-12-10-22(11-13-24)5-3-2-4-21-6-8-23(9-7-21)18-29-14-16-34-17-15-29/h3,5,7-14,20,25,30H,15-19H2,1-2H3,(H,28,31);2,4,6-13,20,26,30-31H,14-19H2,1H3,(H,28,33)/b5-3-;4-2-/t20-,25+;20-,26+/m11/s1. The molecule has 0 aromatic heterocycles. The molecule has 0 radical (unpaired) electrons. The molecule has 14 heteroatoms. The van der Waals surface area contributed by atoms with Gasteiger partial charge in [0.2, 0.25) is 0 Å². The lowest BCUT2D eigenvalue weighted by Gasteiger charge is -2.26. The van der Waals surface area contributed by atoms with Crippen LogP contribution in [0.1, 0.15) is 67.9 Å². The molecule has 68 heavy (non-hydrogen) atoms. The Morgan fingerprint density at radius 1 is 0.618 bits per heavy atom. The van der Waals surface area contributed by atoms with E-state index in [4.69, 9.17) is 14.6 Å². The van der Waals surface area contributed by atoms with Crippen LogP contribution in [0.5, 0.6) is 0 Å². The number of morpholine rings is 2. The number of methoxy groups -OCH3 is 1. The summed E-state index contributed by atoms with van der Waals surface area (Å²) in [6.07, 6.45) is 5.29. The normalized spacial score (nSPS) is 15.8. The molecule has 2 heterocycles. The molecule has 4 aromatic carbocycles. The molecule has 2 amide bonds. The summed E-state index contributed by atoms with van der Waals surface area (Å²) in [5.41, 5.74) is 6.86. The van der Waals surface area contributed by atoms with Gasteiger partial charge < -0.3 is 40.2 Å². The van der Waals surface area contributed by atoms with E-state index in [1.807, 2.05) is 12.2 Å². The maximum absolute atomic E-state index is 12.4. The van der Waals surface area contributed by atoms with Crippen LogP contribution in [0.4, 0.5) is 0 Å². The van der Waals surface area contributed by atoms with Gasteiger partial charge in [-0.1, -0.05) is 72.2 Å². The summed E-state index contributed by atoms with van der Waals surface area (Å²) in [6, 6.07) is 27.8. The van der Waals surface area contributed by atoms with Crippen molar-refractivity contribution in [3.05, 3.63) is 154 Å². The third kappa shape index (κ3) is 17.5. The number of ether oxygens (including phenoxy) is 3. The summed E-state index contributed by atoms with van der Waals surface area (Å²) in [7, 11) is 1.20. The van der Waals surface area contributed by atoms with Crippen molar-refractivity contribution in [2.24, 2.45) is 0 Å². The quantitative estimate of drug-likeness (QED) is 0.0858. The van der Waals surface area contributed by atoms with E-state index in [-0.39, 0.29) is 0 Å². The van der Waals surface area contributed by atoms with Crippen LogP contribution < -0.4 is 10.6 Å². The average molecular weight is 925 g/mol. The zero-order valence-electron chi connectivity index (χ0n) is 38.7. The fraction of sp³-hybridized carbons (Fsp3) is 0.333. The number of aliphatic hydroxyl groups is 3. The van der Waals surface area contributed by atoms with Crippen LogP contribution in [-0.2, 0) is 36.9 Å². The molecule has 2 aliphatic heterocycles. The van der Waals surface area contributed by atoms with Crippen molar-refractivity contribution in [2.75, 3.05) is 66.3 Å². The van der Waals surface area contributed by atoms with E-state index in [9.17, 15) is 29.4 Å². The zero-order chi connectivity index (χ0) is 48.7. The van der Waals surface area contributed by atoms with Crippen molar-refractivity contribution >= 4 is 35.7 Å². The molecular weight excluding hydrogens is 865 g/mol. The van der Waals surface area contributed by atoms with E-state index in [0.717, 1.165) is 87.9 Å². The minimum atomic E-state index is -1.16. The monoisotopic (exact) mass is 924 g/mol.